The van der Waals surface area contributed by atoms with Gasteiger partial charge in [-0.3, -0.25) is 0 Å². The van der Waals surface area contributed by atoms with Crippen LogP contribution in [-0.4, -0.2) is 5.54 Å². The van der Waals surface area contributed by atoms with Crippen molar-refractivity contribution >= 4 is 6.08 Å². The third-order valence-corrected chi connectivity index (χ3v) is 2.48. The van der Waals surface area contributed by atoms with Crippen LogP contribution in [0.3, 0.4) is 0 Å². The van der Waals surface area contributed by atoms with Crippen LogP contribution in [0.2, 0.25) is 0 Å². The zero-order valence-electron chi connectivity index (χ0n) is 7.21. The lowest BCUT2D eigenvalue weighted by atomic mass is 10.1. The Morgan fingerprint density at radius 1 is 1.67 bits per heavy atom. The first-order chi connectivity index (χ1) is 5.71. The van der Waals surface area contributed by atoms with Gasteiger partial charge in [0.05, 0.1) is 6.26 Å². The topological polar surface area (TPSA) is 39.2 Å². The van der Waals surface area contributed by atoms with E-state index in [1.54, 1.807) is 6.26 Å². The summed E-state index contributed by atoms with van der Waals surface area (Å²) in [6.45, 7) is 2.06. The second kappa shape index (κ2) is 2.49. The van der Waals surface area contributed by atoms with Gasteiger partial charge in [-0.2, -0.15) is 0 Å². The average molecular weight is 163 g/mol. The molecule has 1 fully saturated rings. The summed E-state index contributed by atoms with van der Waals surface area (Å²) in [6.07, 6.45) is 5.91. The van der Waals surface area contributed by atoms with Gasteiger partial charge >= 0.3 is 0 Å². The predicted molar refractivity (Wildman–Crippen MR) is 48.5 cm³/mol. The Labute approximate surface area is 72.1 Å². The van der Waals surface area contributed by atoms with E-state index in [1.165, 1.54) is 5.57 Å². The smallest absolute Gasteiger partial charge is 0.126 e. The highest BCUT2D eigenvalue weighted by Gasteiger charge is 2.39. The maximum absolute atomic E-state index is 6.00. The third-order valence-electron chi connectivity index (χ3n) is 2.48. The molecule has 0 spiro atoms. The molecule has 2 nitrogen and oxygen atoms in total. The van der Waals surface area contributed by atoms with Gasteiger partial charge in [0.2, 0.25) is 0 Å². The van der Waals surface area contributed by atoms with Gasteiger partial charge in [0.15, 0.2) is 0 Å². The summed E-state index contributed by atoms with van der Waals surface area (Å²) in [7, 11) is 0. The fourth-order valence-corrected chi connectivity index (χ4v) is 1.26. The van der Waals surface area contributed by atoms with E-state index < -0.39 is 0 Å². The maximum Gasteiger partial charge on any atom is 0.126 e. The molecular formula is C10H13NO. The van der Waals surface area contributed by atoms with E-state index in [0.29, 0.717) is 0 Å². The first-order valence-corrected chi connectivity index (χ1v) is 4.22. The predicted octanol–water partition coefficient (Wildman–Crippen LogP) is 2.17. The summed E-state index contributed by atoms with van der Waals surface area (Å²) in [6, 6.07) is 3.82. The van der Waals surface area contributed by atoms with Crippen LogP contribution >= 0.6 is 0 Å². The lowest BCUT2D eigenvalue weighted by molar-refractivity contribution is 0.555. The monoisotopic (exact) mass is 163 g/mol. The largest absolute Gasteiger partial charge is 0.465 e. The molecule has 64 valence electrons. The molecule has 0 saturated heterocycles. The Bertz CT molecular complexity index is 294. The van der Waals surface area contributed by atoms with Gasteiger partial charge in [0.25, 0.3) is 0 Å². The van der Waals surface area contributed by atoms with E-state index in [1.807, 2.05) is 18.2 Å². The van der Waals surface area contributed by atoms with Crippen molar-refractivity contribution < 1.29 is 4.42 Å². The molecule has 2 rings (SSSR count). The van der Waals surface area contributed by atoms with E-state index in [2.05, 4.69) is 6.92 Å². The van der Waals surface area contributed by atoms with Crippen LogP contribution in [0.15, 0.2) is 28.4 Å². The lowest BCUT2D eigenvalue weighted by Crippen LogP contribution is -2.22. The van der Waals surface area contributed by atoms with E-state index >= 15 is 0 Å². The number of nitrogens with two attached hydrogens (primary N) is 1. The molecule has 1 aromatic rings. The molecule has 1 aromatic heterocycles. The minimum atomic E-state index is -0.0210. The Kier molecular flexibility index (Phi) is 1.58. The Balaban J connectivity index is 2.18. The first-order valence-electron chi connectivity index (χ1n) is 4.22. The first kappa shape index (κ1) is 7.62. The molecule has 0 atom stereocenters. The number of hydrogen-bond donors (Lipinski definition) is 1. The molecule has 0 aromatic carbocycles. The number of furan rings is 1. The van der Waals surface area contributed by atoms with Crippen LogP contribution in [0.25, 0.3) is 6.08 Å². The molecule has 0 amide bonds. The maximum atomic E-state index is 6.00. The van der Waals surface area contributed by atoms with Crippen molar-refractivity contribution in [1.29, 1.82) is 0 Å². The SMILES string of the molecule is C/C(=C/c1ccco1)C1(N)CC1. The Morgan fingerprint density at radius 3 is 2.92 bits per heavy atom. The van der Waals surface area contributed by atoms with Gasteiger partial charge < -0.3 is 10.2 Å². The van der Waals surface area contributed by atoms with Crippen molar-refractivity contribution in [2.45, 2.75) is 25.3 Å². The zero-order valence-corrected chi connectivity index (χ0v) is 7.21. The van der Waals surface area contributed by atoms with Gasteiger partial charge in [0, 0.05) is 5.54 Å². The highest BCUT2D eigenvalue weighted by atomic mass is 16.3. The normalized spacial score (nSPS) is 21.0. The van der Waals surface area contributed by atoms with Gasteiger partial charge in [-0.15, -0.1) is 0 Å². The highest BCUT2D eigenvalue weighted by molar-refractivity contribution is 5.51. The van der Waals surface area contributed by atoms with E-state index in [9.17, 15) is 0 Å². The van der Waals surface area contributed by atoms with Crippen LogP contribution < -0.4 is 5.73 Å². The summed E-state index contributed by atoms with van der Waals surface area (Å²) < 4.78 is 5.20. The minimum Gasteiger partial charge on any atom is -0.465 e. The summed E-state index contributed by atoms with van der Waals surface area (Å²) in [4.78, 5) is 0. The lowest BCUT2D eigenvalue weighted by Gasteiger charge is -2.07. The van der Waals surface area contributed by atoms with Gasteiger partial charge in [-0.25, -0.2) is 0 Å². The Hall–Kier alpha value is -1.02. The molecule has 1 heterocycles. The van der Waals surface area contributed by atoms with Crippen LogP contribution in [0, 0.1) is 0 Å². The van der Waals surface area contributed by atoms with Crippen molar-refractivity contribution in [1.82, 2.24) is 0 Å². The van der Waals surface area contributed by atoms with Crippen LogP contribution in [-0.2, 0) is 0 Å². The zero-order chi connectivity index (χ0) is 8.60. The molecule has 0 radical (unpaired) electrons. The molecule has 2 N–H and O–H groups in total. The molecule has 12 heavy (non-hydrogen) atoms. The fraction of sp³-hybridized carbons (Fsp3) is 0.400. The second-order valence-corrected chi connectivity index (χ2v) is 3.50. The molecular weight excluding hydrogens is 150 g/mol. The molecule has 1 saturated carbocycles. The summed E-state index contributed by atoms with van der Waals surface area (Å²) in [5, 5.41) is 0. The van der Waals surface area contributed by atoms with Crippen LogP contribution in [0.1, 0.15) is 25.5 Å². The van der Waals surface area contributed by atoms with Crippen LogP contribution in [0.5, 0.6) is 0 Å². The van der Waals surface area contributed by atoms with Crippen molar-refractivity contribution in [2.75, 3.05) is 0 Å². The number of hydrogen-bond acceptors (Lipinski definition) is 2. The molecule has 2 heteroatoms. The van der Waals surface area contributed by atoms with E-state index in [4.69, 9.17) is 10.2 Å². The minimum absolute atomic E-state index is 0.0210. The number of rotatable bonds is 2. The summed E-state index contributed by atoms with van der Waals surface area (Å²) in [5.74, 6) is 0.893. The summed E-state index contributed by atoms with van der Waals surface area (Å²) in [5.41, 5.74) is 7.20. The third kappa shape index (κ3) is 1.30. The van der Waals surface area contributed by atoms with Gasteiger partial charge in [-0.05, 0) is 43.5 Å². The van der Waals surface area contributed by atoms with Crippen molar-refractivity contribution in [3.05, 3.63) is 29.7 Å². The highest BCUT2D eigenvalue weighted by Crippen LogP contribution is 2.39. The Morgan fingerprint density at radius 2 is 2.42 bits per heavy atom. The van der Waals surface area contributed by atoms with Crippen LogP contribution in [0.4, 0.5) is 0 Å². The quantitative estimate of drug-likeness (QED) is 0.725. The molecule has 1 aliphatic carbocycles. The molecule has 1 aliphatic rings. The van der Waals surface area contributed by atoms with Gasteiger partial charge in [-0.1, -0.05) is 0 Å². The summed E-state index contributed by atoms with van der Waals surface area (Å²) >= 11 is 0. The standard InChI is InChI=1S/C10H13NO/c1-8(10(11)4-5-10)7-9-3-2-6-12-9/h2-3,6-7H,4-5,11H2,1H3/b8-7-. The molecule has 0 unspecified atom stereocenters. The van der Waals surface area contributed by atoms with E-state index in [0.717, 1.165) is 18.6 Å². The van der Waals surface area contributed by atoms with Crippen molar-refractivity contribution in [3.63, 3.8) is 0 Å². The van der Waals surface area contributed by atoms with Gasteiger partial charge in [0.1, 0.15) is 5.76 Å². The fourth-order valence-electron chi connectivity index (χ4n) is 1.26. The van der Waals surface area contributed by atoms with Crippen molar-refractivity contribution in [3.8, 4) is 0 Å². The molecule has 0 aliphatic heterocycles. The van der Waals surface area contributed by atoms with E-state index in [-0.39, 0.29) is 5.54 Å². The average Bonchev–Trinajstić information content (AvgIpc) is 2.63. The second-order valence-electron chi connectivity index (χ2n) is 3.50. The molecule has 0 bridgehead atoms. The van der Waals surface area contributed by atoms with Crippen molar-refractivity contribution in [2.24, 2.45) is 5.73 Å².